The van der Waals surface area contributed by atoms with Crippen molar-refractivity contribution >= 4 is 0 Å². The summed E-state index contributed by atoms with van der Waals surface area (Å²) in [5.74, 6) is -1.75. The summed E-state index contributed by atoms with van der Waals surface area (Å²) in [7, 11) is 0. The highest BCUT2D eigenvalue weighted by atomic mass is 19.1. The van der Waals surface area contributed by atoms with Gasteiger partial charge in [-0.3, -0.25) is 0 Å². The zero-order chi connectivity index (χ0) is 20.5. The van der Waals surface area contributed by atoms with Crippen LogP contribution in [0.1, 0.15) is 62.5 Å². The predicted molar refractivity (Wildman–Crippen MR) is 108 cm³/mol. The average molecular weight is 402 g/mol. The van der Waals surface area contributed by atoms with Crippen LogP contribution in [0.15, 0.2) is 36.4 Å². The largest absolute Gasteiger partial charge is 0.207 e. The lowest BCUT2D eigenvalue weighted by Gasteiger charge is -2.41. The normalized spacial score (nSPS) is 23.8. The van der Waals surface area contributed by atoms with E-state index in [1.54, 1.807) is 0 Å². The Labute approximate surface area is 169 Å². The molecule has 2 aliphatic carbocycles. The molecule has 0 aliphatic heterocycles. The molecule has 154 valence electrons. The average Bonchev–Trinajstić information content (AvgIpc) is 2.67. The fourth-order valence-corrected chi connectivity index (χ4v) is 5.41. The zero-order valence-electron chi connectivity index (χ0n) is 16.7. The van der Waals surface area contributed by atoms with Gasteiger partial charge >= 0.3 is 0 Å². The summed E-state index contributed by atoms with van der Waals surface area (Å²) in [6.45, 7) is 2.03. The van der Waals surface area contributed by atoms with E-state index in [9.17, 15) is 13.2 Å². The van der Waals surface area contributed by atoms with E-state index in [4.69, 9.17) is 0 Å². The van der Waals surface area contributed by atoms with Crippen molar-refractivity contribution in [2.45, 2.75) is 57.8 Å². The highest BCUT2D eigenvalue weighted by Crippen LogP contribution is 2.49. The molecule has 1 fully saturated rings. The molecule has 0 bridgehead atoms. The second-order valence-corrected chi connectivity index (χ2v) is 8.50. The minimum atomic E-state index is -0.840. The predicted octanol–water partition coefficient (Wildman–Crippen LogP) is 7.71. The Morgan fingerprint density at radius 3 is 2.45 bits per heavy atom. The van der Waals surface area contributed by atoms with Crippen molar-refractivity contribution in [3.8, 4) is 11.1 Å². The fraction of sp³-hybridized carbons (Fsp3) is 0.440. The summed E-state index contributed by atoms with van der Waals surface area (Å²) in [4.78, 5) is 0. The van der Waals surface area contributed by atoms with Crippen molar-refractivity contribution in [2.75, 3.05) is 0 Å². The third-order valence-electron chi connectivity index (χ3n) is 6.74. The second kappa shape index (κ2) is 8.33. The standard InChI is InChI=1S/C25H26F4/c1-2-3-4-5-15-6-8-20-16(10-15)7-9-21-22(20)14-23(28)24(25(21)29)17-11-18(26)13-19(27)12-17/h2-3,11-16,20H,4-10H2,1H3. The Morgan fingerprint density at radius 1 is 0.966 bits per heavy atom. The van der Waals surface area contributed by atoms with Crippen molar-refractivity contribution < 1.29 is 17.6 Å². The van der Waals surface area contributed by atoms with Gasteiger partial charge in [-0.2, -0.15) is 0 Å². The third-order valence-corrected chi connectivity index (χ3v) is 6.74. The molecule has 0 N–H and O–H groups in total. The fourth-order valence-electron chi connectivity index (χ4n) is 5.41. The van der Waals surface area contributed by atoms with Crippen molar-refractivity contribution in [2.24, 2.45) is 11.8 Å². The van der Waals surface area contributed by atoms with Gasteiger partial charge in [0.25, 0.3) is 0 Å². The van der Waals surface area contributed by atoms with E-state index in [0.29, 0.717) is 29.9 Å². The Morgan fingerprint density at radius 2 is 1.72 bits per heavy atom. The van der Waals surface area contributed by atoms with Gasteiger partial charge in [-0.25, -0.2) is 17.6 Å². The van der Waals surface area contributed by atoms with E-state index >= 15 is 4.39 Å². The molecular formula is C25H26F4. The first-order chi connectivity index (χ1) is 14.0. The lowest BCUT2D eigenvalue weighted by Crippen LogP contribution is -2.29. The number of rotatable bonds is 4. The van der Waals surface area contributed by atoms with Crippen molar-refractivity contribution in [1.82, 2.24) is 0 Å². The number of hydrogen-bond donors (Lipinski definition) is 0. The molecule has 4 rings (SSSR count). The highest BCUT2D eigenvalue weighted by molar-refractivity contribution is 5.67. The maximum absolute atomic E-state index is 15.3. The third kappa shape index (κ3) is 3.99. The Kier molecular flexibility index (Phi) is 5.80. The van der Waals surface area contributed by atoms with Crippen LogP contribution in [-0.4, -0.2) is 0 Å². The molecule has 29 heavy (non-hydrogen) atoms. The maximum atomic E-state index is 15.3. The molecule has 0 spiro atoms. The van der Waals surface area contributed by atoms with E-state index < -0.39 is 23.3 Å². The smallest absolute Gasteiger partial charge is 0.137 e. The van der Waals surface area contributed by atoms with Crippen molar-refractivity contribution in [1.29, 1.82) is 0 Å². The summed E-state index contributed by atoms with van der Waals surface area (Å²) in [5, 5.41) is 0. The summed E-state index contributed by atoms with van der Waals surface area (Å²) in [6.07, 6.45) is 11.1. The molecule has 0 aromatic heterocycles. The Balaban J connectivity index is 1.64. The molecule has 0 amide bonds. The van der Waals surface area contributed by atoms with E-state index in [0.717, 1.165) is 49.8 Å². The summed E-state index contributed by atoms with van der Waals surface area (Å²) >= 11 is 0. The summed E-state index contributed by atoms with van der Waals surface area (Å²) in [5.41, 5.74) is 0.888. The second-order valence-electron chi connectivity index (χ2n) is 8.50. The van der Waals surface area contributed by atoms with Crippen LogP contribution in [0.2, 0.25) is 0 Å². The molecule has 0 heterocycles. The molecule has 2 aromatic rings. The minimum Gasteiger partial charge on any atom is -0.207 e. The van der Waals surface area contributed by atoms with Gasteiger partial charge in [0.15, 0.2) is 0 Å². The van der Waals surface area contributed by atoms with Crippen LogP contribution in [-0.2, 0) is 6.42 Å². The topological polar surface area (TPSA) is 0 Å². The maximum Gasteiger partial charge on any atom is 0.137 e. The van der Waals surface area contributed by atoms with Crippen LogP contribution in [0.5, 0.6) is 0 Å². The van der Waals surface area contributed by atoms with Gasteiger partial charge < -0.3 is 0 Å². The lowest BCUT2D eigenvalue weighted by atomic mass is 9.64. The number of allylic oxidation sites excluding steroid dienone is 2. The Bertz CT molecular complexity index is 911. The number of fused-ring (bicyclic) bond motifs is 3. The number of hydrogen-bond acceptors (Lipinski definition) is 0. The lowest BCUT2D eigenvalue weighted by molar-refractivity contribution is 0.201. The molecule has 0 nitrogen and oxygen atoms in total. The quantitative estimate of drug-likeness (QED) is 0.363. The van der Waals surface area contributed by atoms with Crippen LogP contribution < -0.4 is 0 Å². The monoisotopic (exact) mass is 402 g/mol. The molecule has 2 aliphatic rings. The van der Waals surface area contributed by atoms with Crippen molar-refractivity contribution in [3.05, 3.63) is 70.8 Å². The van der Waals surface area contributed by atoms with Crippen LogP contribution in [0.4, 0.5) is 17.6 Å². The van der Waals surface area contributed by atoms with Gasteiger partial charge in [0.1, 0.15) is 23.3 Å². The molecule has 1 saturated carbocycles. The van der Waals surface area contributed by atoms with E-state index in [-0.39, 0.29) is 17.0 Å². The van der Waals surface area contributed by atoms with Crippen LogP contribution in [0, 0.1) is 35.1 Å². The van der Waals surface area contributed by atoms with Crippen molar-refractivity contribution in [3.63, 3.8) is 0 Å². The van der Waals surface area contributed by atoms with Gasteiger partial charge in [0.2, 0.25) is 0 Å². The van der Waals surface area contributed by atoms with Crippen LogP contribution in [0.3, 0.4) is 0 Å². The van der Waals surface area contributed by atoms with E-state index in [1.807, 2.05) is 6.92 Å². The number of benzene rings is 2. The number of halogens is 4. The molecular weight excluding hydrogens is 376 g/mol. The molecule has 3 unspecified atom stereocenters. The van der Waals surface area contributed by atoms with E-state index in [2.05, 4.69) is 12.2 Å². The molecule has 4 heteroatoms. The van der Waals surface area contributed by atoms with Crippen LogP contribution in [0.25, 0.3) is 11.1 Å². The van der Waals surface area contributed by atoms with E-state index in [1.165, 1.54) is 12.5 Å². The summed E-state index contributed by atoms with van der Waals surface area (Å²) in [6, 6.07) is 4.10. The summed E-state index contributed by atoms with van der Waals surface area (Å²) < 4.78 is 57.4. The Hall–Kier alpha value is -2.10. The first-order valence-corrected chi connectivity index (χ1v) is 10.6. The highest BCUT2D eigenvalue weighted by Gasteiger charge is 2.37. The van der Waals surface area contributed by atoms with Gasteiger partial charge in [-0.1, -0.05) is 12.2 Å². The van der Waals surface area contributed by atoms with Gasteiger partial charge in [-0.15, -0.1) is 0 Å². The SMILES string of the molecule is CC=CCCC1CCC2c3cc(F)c(-c4cc(F)cc(F)c4)c(F)c3CCC2C1. The van der Waals surface area contributed by atoms with Gasteiger partial charge in [-0.05, 0) is 105 Å². The molecule has 0 saturated heterocycles. The first-order valence-electron chi connectivity index (χ1n) is 10.6. The van der Waals surface area contributed by atoms with Gasteiger partial charge in [0, 0.05) is 6.07 Å². The minimum absolute atomic E-state index is 0.0879. The molecule has 3 atom stereocenters. The molecule has 2 aromatic carbocycles. The van der Waals surface area contributed by atoms with Crippen LogP contribution >= 0.6 is 0 Å². The molecule has 0 radical (unpaired) electrons. The zero-order valence-corrected chi connectivity index (χ0v) is 16.7. The van der Waals surface area contributed by atoms with Gasteiger partial charge in [0.05, 0.1) is 5.56 Å². The first kappa shape index (κ1) is 20.2.